The number of nitrogens with one attached hydrogen (secondary N) is 3. The molecule has 0 radical (unpaired) electrons. The van der Waals surface area contributed by atoms with Crippen molar-refractivity contribution < 1.29 is 14.6 Å². The van der Waals surface area contributed by atoms with Crippen LogP contribution in [0.3, 0.4) is 0 Å². The monoisotopic (exact) mass is 307 g/mol. The topological polar surface area (TPSA) is 38.0 Å². The van der Waals surface area contributed by atoms with E-state index < -0.39 is 0 Å². The maximum absolute atomic E-state index is 11.6. The minimum Gasteiger partial charge on any atom is -0.340 e. The standard InChI is InChI=1S/C16H20ClN3O/c1-2-6-18-16(21)13-20-9-7-19(8-10-20)12-14-4-3-5-15(17)11-14/h1,3-5,11H,6-10,12-13H2,(H,18,21)/p+2. The van der Waals surface area contributed by atoms with E-state index in [1.165, 1.54) is 10.5 Å². The largest absolute Gasteiger partial charge is 0.340 e. The molecule has 0 aromatic heterocycles. The maximum atomic E-state index is 11.6. The summed E-state index contributed by atoms with van der Waals surface area (Å²) in [4.78, 5) is 14.5. The van der Waals surface area contributed by atoms with Gasteiger partial charge in [0, 0.05) is 10.6 Å². The van der Waals surface area contributed by atoms with Crippen molar-refractivity contribution in [2.24, 2.45) is 0 Å². The van der Waals surface area contributed by atoms with Gasteiger partial charge in [-0.3, -0.25) is 4.79 Å². The number of amides is 1. The molecule has 0 atom stereocenters. The molecule has 2 rings (SSSR count). The minimum atomic E-state index is 0.0428. The molecule has 1 saturated heterocycles. The molecular weight excluding hydrogens is 286 g/mol. The maximum Gasteiger partial charge on any atom is 0.275 e. The van der Waals surface area contributed by atoms with Crippen LogP contribution in [0.5, 0.6) is 0 Å². The van der Waals surface area contributed by atoms with Crippen LogP contribution >= 0.6 is 11.6 Å². The molecule has 0 unspecified atom stereocenters. The Morgan fingerprint density at radius 2 is 2.00 bits per heavy atom. The van der Waals surface area contributed by atoms with Crippen LogP contribution in [0, 0.1) is 12.3 Å². The van der Waals surface area contributed by atoms with Crippen molar-refractivity contribution in [2.75, 3.05) is 39.3 Å². The lowest BCUT2D eigenvalue weighted by Gasteiger charge is -2.29. The predicted octanol–water partition coefficient (Wildman–Crippen LogP) is -1.63. The van der Waals surface area contributed by atoms with E-state index in [2.05, 4.69) is 17.3 Å². The van der Waals surface area contributed by atoms with Gasteiger partial charge in [0.05, 0.1) is 6.54 Å². The van der Waals surface area contributed by atoms with Gasteiger partial charge < -0.3 is 15.1 Å². The lowest BCUT2D eigenvalue weighted by atomic mass is 10.2. The molecule has 0 spiro atoms. The summed E-state index contributed by atoms with van der Waals surface area (Å²) >= 11 is 6.01. The number of piperazine rings is 1. The number of quaternary nitrogens is 2. The first-order valence-corrected chi connectivity index (χ1v) is 7.67. The molecule has 1 heterocycles. The average Bonchev–Trinajstić information content (AvgIpc) is 2.47. The molecule has 1 aliphatic rings. The summed E-state index contributed by atoms with van der Waals surface area (Å²) in [7, 11) is 0. The van der Waals surface area contributed by atoms with Gasteiger partial charge in [0.2, 0.25) is 0 Å². The molecule has 21 heavy (non-hydrogen) atoms. The van der Waals surface area contributed by atoms with Gasteiger partial charge in [0.1, 0.15) is 32.7 Å². The first-order chi connectivity index (χ1) is 10.2. The zero-order valence-electron chi connectivity index (χ0n) is 12.1. The molecule has 1 amide bonds. The van der Waals surface area contributed by atoms with Gasteiger partial charge in [-0.1, -0.05) is 29.7 Å². The van der Waals surface area contributed by atoms with Gasteiger partial charge in [0.15, 0.2) is 6.54 Å². The summed E-state index contributed by atoms with van der Waals surface area (Å²) in [6.45, 7) is 6.01. The average molecular weight is 308 g/mol. The van der Waals surface area contributed by atoms with Gasteiger partial charge in [0.25, 0.3) is 5.91 Å². The Labute approximate surface area is 131 Å². The van der Waals surface area contributed by atoms with Gasteiger partial charge in [-0.15, -0.1) is 6.42 Å². The summed E-state index contributed by atoms with van der Waals surface area (Å²) < 4.78 is 0. The van der Waals surface area contributed by atoms with E-state index in [0.29, 0.717) is 13.1 Å². The van der Waals surface area contributed by atoms with Crippen molar-refractivity contribution in [1.29, 1.82) is 0 Å². The summed E-state index contributed by atoms with van der Waals surface area (Å²) in [5.41, 5.74) is 1.27. The summed E-state index contributed by atoms with van der Waals surface area (Å²) in [5, 5.41) is 3.51. The second kappa shape index (κ2) is 8.04. The second-order valence-corrected chi connectivity index (χ2v) is 5.90. The third kappa shape index (κ3) is 5.39. The minimum absolute atomic E-state index is 0.0428. The Kier molecular flexibility index (Phi) is 6.06. The van der Waals surface area contributed by atoms with Crippen LogP contribution in [0.15, 0.2) is 24.3 Å². The molecule has 0 saturated carbocycles. The molecular formula is C16H22ClN3O+2. The normalized spacial score (nSPS) is 21.5. The summed E-state index contributed by atoms with van der Waals surface area (Å²) in [6.07, 6.45) is 5.13. The van der Waals surface area contributed by atoms with Gasteiger partial charge >= 0.3 is 0 Å². The number of carbonyl (C=O) groups excluding carboxylic acids is 1. The van der Waals surface area contributed by atoms with Crippen molar-refractivity contribution in [3.05, 3.63) is 34.9 Å². The highest BCUT2D eigenvalue weighted by Crippen LogP contribution is 2.09. The van der Waals surface area contributed by atoms with Crippen molar-refractivity contribution in [2.45, 2.75) is 6.54 Å². The van der Waals surface area contributed by atoms with Gasteiger partial charge in [-0.25, -0.2) is 0 Å². The molecule has 1 aliphatic heterocycles. The highest BCUT2D eigenvalue weighted by atomic mass is 35.5. The number of halogens is 1. The lowest BCUT2D eigenvalue weighted by molar-refractivity contribution is -1.02. The second-order valence-electron chi connectivity index (χ2n) is 5.46. The molecule has 112 valence electrons. The zero-order valence-corrected chi connectivity index (χ0v) is 12.9. The van der Waals surface area contributed by atoms with Crippen molar-refractivity contribution in [1.82, 2.24) is 5.32 Å². The third-order valence-electron chi connectivity index (χ3n) is 3.81. The van der Waals surface area contributed by atoms with Crippen molar-refractivity contribution in [3.8, 4) is 12.3 Å². The quantitative estimate of drug-likeness (QED) is 0.562. The van der Waals surface area contributed by atoms with Crippen LogP contribution in [0.2, 0.25) is 5.02 Å². The summed E-state index contributed by atoms with van der Waals surface area (Å²) in [5.74, 6) is 2.46. The number of hydrogen-bond donors (Lipinski definition) is 3. The molecule has 4 nitrogen and oxygen atoms in total. The van der Waals surface area contributed by atoms with E-state index in [1.54, 1.807) is 4.90 Å². The zero-order chi connectivity index (χ0) is 15.1. The van der Waals surface area contributed by atoms with Gasteiger partial charge in [-0.2, -0.15) is 0 Å². The molecule has 5 heteroatoms. The number of carbonyl (C=O) groups is 1. The molecule has 1 aromatic rings. The van der Waals surface area contributed by atoms with Crippen molar-refractivity contribution in [3.63, 3.8) is 0 Å². The lowest BCUT2D eigenvalue weighted by Crippen LogP contribution is -3.28. The first kappa shape index (κ1) is 15.8. The first-order valence-electron chi connectivity index (χ1n) is 7.29. The number of rotatable bonds is 5. The SMILES string of the molecule is C#CCNC(=O)C[NH+]1CC[NH+](Cc2cccc(Cl)c2)CC1. The fourth-order valence-electron chi connectivity index (χ4n) is 2.69. The Morgan fingerprint density at radius 3 is 2.67 bits per heavy atom. The van der Waals surface area contributed by atoms with E-state index in [4.69, 9.17) is 18.0 Å². The molecule has 1 aromatic carbocycles. The molecule has 0 bridgehead atoms. The predicted molar refractivity (Wildman–Crippen MR) is 83.3 cm³/mol. The van der Waals surface area contributed by atoms with Crippen LogP contribution in [0.1, 0.15) is 5.56 Å². The van der Waals surface area contributed by atoms with E-state index in [9.17, 15) is 4.79 Å². The molecule has 3 N–H and O–H groups in total. The van der Waals surface area contributed by atoms with E-state index in [1.807, 2.05) is 18.2 Å². The van der Waals surface area contributed by atoms with Crippen LogP contribution in [-0.4, -0.2) is 45.2 Å². The summed E-state index contributed by atoms with van der Waals surface area (Å²) in [6, 6.07) is 8.04. The van der Waals surface area contributed by atoms with Crippen LogP contribution in [0.4, 0.5) is 0 Å². The Morgan fingerprint density at radius 1 is 1.29 bits per heavy atom. The molecule has 0 aliphatic carbocycles. The number of benzene rings is 1. The van der Waals surface area contributed by atoms with E-state index in [-0.39, 0.29) is 5.91 Å². The fourth-order valence-corrected chi connectivity index (χ4v) is 2.90. The van der Waals surface area contributed by atoms with Crippen LogP contribution in [0.25, 0.3) is 0 Å². The smallest absolute Gasteiger partial charge is 0.275 e. The van der Waals surface area contributed by atoms with Crippen LogP contribution < -0.4 is 15.1 Å². The highest BCUT2D eigenvalue weighted by Gasteiger charge is 2.24. The Hall–Kier alpha value is -1.54. The molecule has 1 fully saturated rings. The fraction of sp³-hybridized carbons (Fsp3) is 0.438. The van der Waals surface area contributed by atoms with E-state index in [0.717, 1.165) is 37.7 Å². The number of hydrogen-bond acceptors (Lipinski definition) is 1. The Balaban J connectivity index is 1.73. The van der Waals surface area contributed by atoms with Crippen LogP contribution in [-0.2, 0) is 11.3 Å². The van der Waals surface area contributed by atoms with Crippen molar-refractivity contribution >= 4 is 17.5 Å². The van der Waals surface area contributed by atoms with E-state index >= 15 is 0 Å². The highest BCUT2D eigenvalue weighted by molar-refractivity contribution is 6.30. The third-order valence-corrected chi connectivity index (χ3v) is 4.04. The Bertz CT molecular complexity index is 518. The van der Waals surface area contributed by atoms with Gasteiger partial charge in [-0.05, 0) is 12.1 Å². The number of terminal acetylenes is 1.